The summed E-state index contributed by atoms with van der Waals surface area (Å²) in [6.07, 6.45) is 2.48. The van der Waals surface area contributed by atoms with Gasteiger partial charge >= 0.3 is 6.03 Å². The van der Waals surface area contributed by atoms with Crippen molar-refractivity contribution in [3.63, 3.8) is 0 Å². The van der Waals surface area contributed by atoms with Gasteiger partial charge in [0.05, 0.1) is 19.4 Å². The van der Waals surface area contributed by atoms with E-state index in [1.807, 2.05) is 24.3 Å². The lowest BCUT2D eigenvalue weighted by atomic mass is 10.1. The van der Waals surface area contributed by atoms with Gasteiger partial charge < -0.3 is 24.3 Å². The third-order valence-electron chi connectivity index (χ3n) is 4.68. The van der Waals surface area contributed by atoms with Crippen molar-refractivity contribution >= 4 is 17.4 Å². The number of amides is 2. The van der Waals surface area contributed by atoms with Gasteiger partial charge in [0.25, 0.3) is 0 Å². The minimum Gasteiger partial charge on any atom is -0.467 e. The lowest BCUT2D eigenvalue weighted by molar-refractivity contribution is -0.0242. The Labute approximate surface area is 141 Å². The Balaban J connectivity index is 1.43. The molecule has 0 radical (unpaired) electrons. The average molecular weight is 327 g/mol. The summed E-state index contributed by atoms with van der Waals surface area (Å²) in [4.78, 5) is 16.6. The summed E-state index contributed by atoms with van der Waals surface area (Å²) in [5.41, 5.74) is 3.36. The fourth-order valence-corrected chi connectivity index (χ4v) is 3.30. The number of fused-ring (bicyclic) bond motifs is 1. The first kappa shape index (κ1) is 15.1. The molecule has 2 amide bonds. The zero-order chi connectivity index (χ0) is 16.5. The quantitative estimate of drug-likeness (QED) is 0.921. The number of rotatable bonds is 2. The third kappa shape index (κ3) is 2.85. The van der Waals surface area contributed by atoms with Crippen molar-refractivity contribution in [2.24, 2.45) is 0 Å². The molecule has 1 fully saturated rings. The number of carbonyl (C=O) groups is 1. The van der Waals surface area contributed by atoms with Gasteiger partial charge in [-0.25, -0.2) is 4.79 Å². The molecule has 1 saturated heterocycles. The third-order valence-corrected chi connectivity index (χ3v) is 4.68. The Morgan fingerprint density at radius 1 is 1.29 bits per heavy atom. The summed E-state index contributed by atoms with van der Waals surface area (Å²) in [5, 5.41) is 3.00. The van der Waals surface area contributed by atoms with Crippen LogP contribution in [0.25, 0.3) is 0 Å². The average Bonchev–Trinajstić information content (AvgIpc) is 3.26. The number of morpholine rings is 1. The second-order valence-corrected chi connectivity index (χ2v) is 6.27. The number of anilines is 2. The van der Waals surface area contributed by atoms with E-state index in [1.54, 1.807) is 11.2 Å². The number of hydrogen-bond donors (Lipinski definition) is 1. The minimum atomic E-state index is -0.203. The summed E-state index contributed by atoms with van der Waals surface area (Å²) in [6, 6.07) is 9.72. The summed E-state index contributed by atoms with van der Waals surface area (Å²) in [5.74, 6) is 0.756. The highest BCUT2D eigenvalue weighted by Gasteiger charge is 2.27. The van der Waals surface area contributed by atoms with E-state index in [0.717, 1.165) is 24.4 Å². The first-order valence-electron chi connectivity index (χ1n) is 8.26. The Kier molecular flexibility index (Phi) is 3.90. The van der Waals surface area contributed by atoms with Crippen molar-refractivity contribution in [3.05, 3.63) is 47.9 Å². The van der Waals surface area contributed by atoms with Crippen LogP contribution in [0.3, 0.4) is 0 Å². The van der Waals surface area contributed by atoms with E-state index in [-0.39, 0.29) is 12.1 Å². The molecule has 0 spiro atoms. The predicted octanol–water partition coefficient (Wildman–Crippen LogP) is 2.88. The molecule has 2 aromatic rings. The zero-order valence-electron chi connectivity index (χ0n) is 13.7. The molecule has 0 saturated carbocycles. The number of benzene rings is 1. The van der Waals surface area contributed by atoms with Crippen molar-refractivity contribution in [2.75, 3.05) is 43.5 Å². The first-order chi connectivity index (χ1) is 11.7. The van der Waals surface area contributed by atoms with Crippen LogP contribution in [0.2, 0.25) is 0 Å². The van der Waals surface area contributed by atoms with Gasteiger partial charge in [-0.2, -0.15) is 0 Å². The molecule has 1 aromatic heterocycles. The van der Waals surface area contributed by atoms with E-state index in [1.165, 1.54) is 11.3 Å². The number of furan rings is 1. The van der Waals surface area contributed by atoms with Gasteiger partial charge in [-0.05, 0) is 36.2 Å². The SMILES string of the molecule is CN1CCc2ccc(NC(=O)N3CCOC(c4ccco4)C3)cc21. The minimum absolute atomic E-state index is 0.101. The highest BCUT2D eigenvalue weighted by Crippen LogP contribution is 2.30. The van der Waals surface area contributed by atoms with Gasteiger partial charge in [0.2, 0.25) is 0 Å². The number of carbonyl (C=O) groups excluding carboxylic acids is 1. The molecule has 6 nitrogen and oxygen atoms in total. The maximum atomic E-state index is 12.6. The normalized spacial score (nSPS) is 20.1. The monoisotopic (exact) mass is 327 g/mol. The first-order valence-corrected chi connectivity index (χ1v) is 8.26. The Morgan fingerprint density at radius 2 is 2.21 bits per heavy atom. The van der Waals surface area contributed by atoms with E-state index in [0.29, 0.717) is 19.7 Å². The standard InChI is InChI=1S/C18H21N3O3/c1-20-7-6-13-4-5-14(11-15(13)20)19-18(22)21-8-10-24-17(12-21)16-3-2-9-23-16/h2-5,9,11,17H,6-8,10,12H2,1H3,(H,19,22). The maximum Gasteiger partial charge on any atom is 0.322 e. The maximum absolute atomic E-state index is 12.6. The molecule has 4 rings (SSSR count). The highest BCUT2D eigenvalue weighted by molar-refractivity contribution is 5.90. The number of nitrogens with one attached hydrogen (secondary N) is 1. The molecule has 0 bridgehead atoms. The van der Waals surface area contributed by atoms with Crippen molar-refractivity contribution in [1.82, 2.24) is 4.90 Å². The summed E-state index contributed by atoms with van der Waals surface area (Å²) in [6.45, 7) is 2.60. The molecular weight excluding hydrogens is 306 g/mol. The van der Waals surface area contributed by atoms with E-state index in [2.05, 4.69) is 23.3 Å². The Morgan fingerprint density at radius 3 is 3.04 bits per heavy atom. The highest BCUT2D eigenvalue weighted by atomic mass is 16.5. The van der Waals surface area contributed by atoms with Crippen LogP contribution in [-0.2, 0) is 11.2 Å². The summed E-state index contributed by atoms with van der Waals surface area (Å²) >= 11 is 0. The van der Waals surface area contributed by atoms with E-state index in [9.17, 15) is 4.79 Å². The van der Waals surface area contributed by atoms with Gasteiger partial charge in [-0.1, -0.05) is 6.07 Å². The second-order valence-electron chi connectivity index (χ2n) is 6.27. The fraction of sp³-hybridized carbons (Fsp3) is 0.389. The smallest absolute Gasteiger partial charge is 0.322 e. The molecule has 24 heavy (non-hydrogen) atoms. The van der Waals surface area contributed by atoms with Gasteiger partial charge in [0.1, 0.15) is 11.9 Å². The van der Waals surface area contributed by atoms with E-state index < -0.39 is 0 Å². The van der Waals surface area contributed by atoms with Crippen LogP contribution in [0.4, 0.5) is 16.2 Å². The van der Waals surface area contributed by atoms with Crippen molar-refractivity contribution in [3.8, 4) is 0 Å². The molecule has 3 heterocycles. The number of ether oxygens (including phenoxy) is 1. The number of hydrogen-bond acceptors (Lipinski definition) is 4. The predicted molar refractivity (Wildman–Crippen MR) is 91.4 cm³/mol. The van der Waals surface area contributed by atoms with Crippen LogP contribution in [0.15, 0.2) is 41.0 Å². The van der Waals surface area contributed by atoms with Crippen LogP contribution < -0.4 is 10.2 Å². The van der Waals surface area contributed by atoms with Gasteiger partial charge in [0, 0.05) is 31.5 Å². The molecule has 2 aliphatic heterocycles. The van der Waals surface area contributed by atoms with Gasteiger partial charge in [-0.3, -0.25) is 0 Å². The van der Waals surface area contributed by atoms with Crippen molar-refractivity contribution in [1.29, 1.82) is 0 Å². The van der Waals surface area contributed by atoms with E-state index in [4.69, 9.17) is 9.15 Å². The van der Waals surface area contributed by atoms with Crippen LogP contribution in [0, 0.1) is 0 Å². The van der Waals surface area contributed by atoms with Crippen LogP contribution in [0.5, 0.6) is 0 Å². The molecule has 6 heteroatoms. The van der Waals surface area contributed by atoms with Gasteiger partial charge in [-0.15, -0.1) is 0 Å². The molecular formula is C18H21N3O3. The number of nitrogens with zero attached hydrogens (tertiary/aromatic N) is 2. The fourth-order valence-electron chi connectivity index (χ4n) is 3.30. The lowest BCUT2D eigenvalue weighted by Gasteiger charge is -2.32. The molecule has 126 valence electrons. The molecule has 1 unspecified atom stereocenters. The van der Waals surface area contributed by atoms with Crippen LogP contribution in [0.1, 0.15) is 17.4 Å². The van der Waals surface area contributed by atoms with Crippen molar-refractivity contribution < 1.29 is 13.9 Å². The summed E-state index contributed by atoms with van der Waals surface area (Å²) in [7, 11) is 2.08. The van der Waals surface area contributed by atoms with Crippen LogP contribution in [-0.4, -0.2) is 44.2 Å². The van der Waals surface area contributed by atoms with Crippen molar-refractivity contribution in [2.45, 2.75) is 12.5 Å². The largest absolute Gasteiger partial charge is 0.467 e. The molecule has 1 aromatic carbocycles. The second kappa shape index (κ2) is 6.20. The molecule has 1 N–H and O–H groups in total. The topological polar surface area (TPSA) is 58.0 Å². The summed E-state index contributed by atoms with van der Waals surface area (Å²) < 4.78 is 11.1. The molecule has 1 atom stereocenters. The van der Waals surface area contributed by atoms with Crippen LogP contribution >= 0.6 is 0 Å². The zero-order valence-corrected chi connectivity index (χ0v) is 13.7. The Bertz CT molecular complexity index is 729. The molecule has 2 aliphatic rings. The number of urea groups is 1. The number of likely N-dealkylation sites (N-methyl/N-ethyl adjacent to an activating group) is 1. The Hall–Kier alpha value is -2.47. The lowest BCUT2D eigenvalue weighted by Crippen LogP contribution is -2.44. The van der Waals surface area contributed by atoms with Gasteiger partial charge in [0.15, 0.2) is 0 Å². The molecule has 0 aliphatic carbocycles. The van der Waals surface area contributed by atoms with E-state index >= 15 is 0 Å².